The first-order valence-corrected chi connectivity index (χ1v) is 6.16. The smallest absolute Gasteiger partial charge is 0.249 e. The van der Waals surface area contributed by atoms with Gasteiger partial charge < -0.3 is 14.4 Å². The van der Waals surface area contributed by atoms with Crippen LogP contribution in [0.1, 0.15) is 27.2 Å². The van der Waals surface area contributed by atoms with Gasteiger partial charge in [0.25, 0.3) is 0 Å². The second kappa shape index (κ2) is 6.33. The predicted molar refractivity (Wildman–Crippen MR) is 65.7 cm³/mol. The van der Waals surface area contributed by atoms with Gasteiger partial charge in [0.05, 0.1) is 12.2 Å². The number of carbonyl (C=O) groups excluding carboxylic acids is 1. The summed E-state index contributed by atoms with van der Waals surface area (Å²) in [4.78, 5) is 13.7. The fourth-order valence-electron chi connectivity index (χ4n) is 1.88. The molecular formula is C12H24N2O3. The molecule has 1 rings (SSSR count). The second-order valence-electron chi connectivity index (χ2n) is 4.99. The third-order valence-electron chi connectivity index (χ3n) is 2.82. The minimum atomic E-state index is -0.154. The van der Waals surface area contributed by atoms with Gasteiger partial charge in [-0.25, -0.2) is 0 Å². The van der Waals surface area contributed by atoms with Crippen LogP contribution in [0, 0.1) is 0 Å². The zero-order chi connectivity index (χ0) is 12.9. The summed E-state index contributed by atoms with van der Waals surface area (Å²) in [5.74, 6) is 0.00940. The van der Waals surface area contributed by atoms with Crippen LogP contribution in [0.2, 0.25) is 0 Å². The summed E-state index contributed by atoms with van der Waals surface area (Å²) >= 11 is 0. The molecule has 1 amide bonds. The van der Waals surface area contributed by atoms with Crippen LogP contribution in [-0.2, 0) is 14.3 Å². The molecule has 100 valence electrons. The molecule has 1 aliphatic rings. The average Bonchev–Trinajstić information content (AvgIpc) is 2.27. The molecule has 1 N–H and O–H groups in total. The van der Waals surface area contributed by atoms with Gasteiger partial charge in [0, 0.05) is 20.2 Å². The van der Waals surface area contributed by atoms with Crippen molar-refractivity contribution in [3.8, 4) is 0 Å². The Labute approximate surface area is 103 Å². The highest BCUT2D eigenvalue weighted by Crippen LogP contribution is 2.15. The number of hydrogen-bond donors (Lipinski definition) is 1. The SMILES string of the molecule is CCCN(C(=O)COC)C1COC(C)(C)CN1. The molecule has 0 aliphatic carbocycles. The normalized spacial score (nSPS) is 23.4. The van der Waals surface area contributed by atoms with Crippen molar-refractivity contribution in [1.29, 1.82) is 0 Å². The summed E-state index contributed by atoms with van der Waals surface area (Å²) in [6, 6.07) is 0. The molecule has 1 saturated heterocycles. The van der Waals surface area contributed by atoms with Gasteiger partial charge in [-0.3, -0.25) is 10.1 Å². The topological polar surface area (TPSA) is 50.8 Å². The Kier molecular flexibility index (Phi) is 5.36. The highest BCUT2D eigenvalue weighted by atomic mass is 16.5. The Hall–Kier alpha value is -0.650. The predicted octanol–water partition coefficient (Wildman–Crippen LogP) is 0.596. The summed E-state index contributed by atoms with van der Waals surface area (Å²) < 4.78 is 10.6. The lowest BCUT2D eigenvalue weighted by atomic mass is 10.1. The van der Waals surface area contributed by atoms with Crippen molar-refractivity contribution < 1.29 is 14.3 Å². The van der Waals surface area contributed by atoms with E-state index in [1.165, 1.54) is 7.11 Å². The van der Waals surface area contributed by atoms with E-state index < -0.39 is 0 Å². The molecular weight excluding hydrogens is 220 g/mol. The third-order valence-corrected chi connectivity index (χ3v) is 2.82. The lowest BCUT2D eigenvalue weighted by Gasteiger charge is -2.41. The minimum Gasteiger partial charge on any atom is -0.375 e. The highest BCUT2D eigenvalue weighted by Gasteiger charge is 2.31. The van der Waals surface area contributed by atoms with Crippen LogP contribution in [0.4, 0.5) is 0 Å². The standard InChI is InChI=1S/C12H24N2O3/c1-5-6-14(11(15)8-16-4)10-7-17-12(2,3)9-13-10/h10,13H,5-9H2,1-4H3. The number of hydrogen-bond acceptors (Lipinski definition) is 4. The average molecular weight is 244 g/mol. The molecule has 5 nitrogen and oxygen atoms in total. The molecule has 0 bridgehead atoms. The lowest BCUT2D eigenvalue weighted by molar-refractivity contribution is -0.147. The first-order valence-electron chi connectivity index (χ1n) is 6.16. The zero-order valence-electron chi connectivity index (χ0n) is 11.3. The van der Waals surface area contributed by atoms with Gasteiger partial charge in [-0.05, 0) is 20.3 Å². The molecule has 0 saturated carbocycles. The van der Waals surface area contributed by atoms with Crippen LogP contribution in [0.15, 0.2) is 0 Å². The van der Waals surface area contributed by atoms with E-state index in [4.69, 9.17) is 9.47 Å². The largest absolute Gasteiger partial charge is 0.375 e. The molecule has 1 aliphatic heterocycles. The van der Waals surface area contributed by atoms with Crippen LogP contribution in [-0.4, -0.2) is 56.0 Å². The molecule has 0 aromatic carbocycles. The maximum Gasteiger partial charge on any atom is 0.249 e. The molecule has 0 spiro atoms. The van der Waals surface area contributed by atoms with Crippen molar-refractivity contribution >= 4 is 5.91 Å². The summed E-state index contributed by atoms with van der Waals surface area (Å²) in [5.41, 5.74) is -0.154. The number of rotatable bonds is 5. The third kappa shape index (κ3) is 4.26. The van der Waals surface area contributed by atoms with Gasteiger partial charge in [0.1, 0.15) is 12.8 Å². The zero-order valence-corrected chi connectivity index (χ0v) is 11.3. The molecule has 0 aromatic rings. The van der Waals surface area contributed by atoms with E-state index in [2.05, 4.69) is 12.2 Å². The molecule has 17 heavy (non-hydrogen) atoms. The van der Waals surface area contributed by atoms with E-state index in [1.54, 1.807) is 4.90 Å². The number of methoxy groups -OCH3 is 1. The number of carbonyl (C=O) groups is 1. The van der Waals surface area contributed by atoms with Gasteiger partial charge in [0.15, 0.2) is 0 Å². The van der Waals surface area contributed by atoms with E-state index in [9.17, 15) is 4.79 Å². The molecule has 1 atom stereocenters. The Balaban J connectivity index is 2.56. The van der Waals surface area contributed by atoms with Crippen LogP contribution < -0.4 is 5.32 Å². The summed E-state index contributed by atoms with van der Waals surface area (Å²) in [5, 5.41) is 3.36. The Morgan fingerprint density at radius 2 is 2.29 bits per heavy atom. The number of amides is 1. The van der Waals surface area contributed by atoms with E-state index >= 15 is 0 Å². The van der Waals surface area contributed by atoms with Gasteiger partial charge in [-0.15, -0.1) is 0 Å². The van der Waals surface area contributed by atoms with E-state index in [1.807, 2.05) is 13.8 Å². The molecule has 1 heterocycles. The van der Waals surface area contributed by atoms with Crippen LogP contribution >= 0.6 is 0 Å². The van der Waals surface area contributed by atoms with Crippen molar-refractivity contribution in [3.63, 3.8) is 0 Å². The van der Waals surface area contributed by atoms with Crippen LogP contribution in [0.3, 0.4) is 0 Å². The molecule has 5 heteroatoms. The fraction of sp³-hybridized carbons (Fsp3) is 0.917. The van der Waals surface area contributed by atoms with E-state index in [0.717, 1.165) is 19.5 Å². The minimum absolute atomic E-state index is 0.00940. The molecule has 0 radical (unpaired) electrons. The van der Waals surface area contributed by atoms with Crippen molar-refractivity contribution in [2.24, 2.45) is 0 Å². The van der Waals surface area contributed by atoms with Gasteiger partial charge in [-0.2, -0.15) is 0 Å². The van der Waals surface area contributed by atoms with Gasteiger partial charge in [-0.1, -0.05) is 6.92 Å². The molecule has 0 aromatic heterocycles. The van der Waals surface area contributed by atoms with Gasteiger partial charge >= 0.3 is 0 Å². The monoisotopic (exact) mass is 244 g/mol. The van der Waals surface area contributed by atoms with E-state index in [0.29, 0.717) is 6.61 Å². The lowest BCUT2D eigenvalue weighted by Crippen LogP contribution is -2.60. The number of morpholine rings is 1. The first kappa shape index (κ1) is 14.4. The Morgan fingerprint density at radius 1 is 1.59 bits per heavy atom. The number of ether oxygens (including phenoxy) is 2. The Morgan fingerprint density at radius 3 is 2.76 bits per heavy atom. The maximum atomic E-state index is 11.9. The second-order valence-corrected chi connectivity index (χ2v) is 4.99. The number of nitrogens with zero attached hydrogens (tertiary/aromatic N) is 1. The van der Waals surface area contributed by atoms with Crippen LogP contribution in [0.25, 0.3) is 0 Å². The summed E-state index contributed by atoms with van der Waals surface area (Å²) in [6.45, 7) is 8.27. The molecule has 1 unspecified atom stereocenters. The summed E-state index contributed by atoms with van der Waals surface area (Å²) in [7, 11) is 1.54. The Bertz CT molecular complexity index is 246. The van der Waals surface area contributed by atoms with Crippen molar-refractivity contribution in [2.45, 2.75) is 39.0 Å². The highest BCUT2D eigenvalue weighted by molar-refractivity contribution is 5.77. The quantitative estimate of drug-likeness (QED) is 0.769. The number of nitrogens with one attached hydrogen (secondary N) is 1. The summed E-state index contributed by atoms with van der Waals surface area (Å²) in [6.07, 6.45) is 0.891. The van der Waals surface area contributed by atoms with Gasteiger partial charge in [0.2, 0.25) is 5.91 Å². The van der Waals surface area contributed by atoms with Crippen LogP contribution in [0.5, 0.6) is 0 Å². The fourth-order valence-corrected chi connectivity index (χ4v) is 1.88. The van der Waals surface area contributed by atoms with Crippen molar-refractivity contribution in [2.75, 3.05) is 33.4 Å². The van der Waals surface area contributed by atoms with Crippen molar-refractivity contribution in [3.05, 3.63) is 0 Å². The van der Waals surface area contributed by atoms with Crippen molar-refractivity contribution in [1.82, 2.24) is 10.2 Å². The van der Waals surface area contributed by atoms with E-state index in [-0.39, 0.29) is 24.3 Å². The first-order chi connectivity index (χ1) is 8.00. The molecule has 1 fully saturated rings. The maximum absolute atomic E-state index is 11.9.